The lowest BCUT2D eigenvalue weighted by molar-refractivity contribution is -0.0494. The molecule has 0 atom stereocenters. The summed E-state index contributed by atoms with van der Waals surface area (Å²) in [6.45, 7) is -1.13. The summed E-state index contributed by atoms with van der Waals surface area (Å²) in [6.07, 6.45) is 0. The van der Waals surface area contributed by atoms with Crippen LogP contribution in [0.15, 0.2) is 24.3 Å². The van der Waals surface area contributed by atoms with E-state index in [0.717, 1.165) is 3.57 Å². The molecule has 1 heterocycles. The van der Waals surface area contributed by atoms with E-state index in [1.54, 1.807) is 25.1 Å². The van der Waals surface area contributed by atoms with Gasteiger partial charge in [-0.3, -0.25) is 0 Å². The molecule has 0 radical (unpaired) electrons. The van der Waals surface area contributed by atoms with Gasteiger partial charge < -0.3 is 4.74 Å². The first-order valence-electron chi connectivity index (χ1n) is 5.23. The van der Waals surface area contributed by atoms with Crippen LogP contribution in [-0.2, 0) is 0 Å². The molecule has 2 rings (SSSR count). The quantitative estimate of drug-likeness (QED) is 0.573. The van der Waals surface area contributed by atoms with Gasteiger partial charge in [0, 0.05) is 0 Å². The Labute approximate surface area is 127 Å². The van der Waals surface area contributed by atoms with Crippen LogP contribution in [0.5, 0.6) is 5.75 Å². The summed E-state index contributed by atoms with van der Waals surface area (Å²) in [5.74, 6) is 0.286. The van der Waals surface area contributed by atoms with Crippen molar-refractivity contribution in [3.05, 3.63) is 38.7 Å². The highest BCUT2D eigenvalue weighted by atomic mass is 127. The Balaban J connectivity index is 2.53. The minimum atomic E-state index is -2.90. The van der Waals surface area contributed by atoms with Crippen molar-refractivity contribution in [3.8, 4) is 17.1 Å². The number of ether oxygens (including phenoxy) is 1. The molecule has 1 aromatic heterocycles. The van der Waals surface area contributed by atoms with Crippen LogP contribution >= 0.6 is 34.2 Å². The van der Waals surface area contributed by atoms with Crippen molar-refractivity contribution in [2.45, 2.75) is 13.5 Å². The number of aromatic nitrogens is 2. The van der Waals surface area contributed by atoms with Gasteiger partial charge in [0.1, 0.15) is 10.9 Å². The Morgan fingerprint density at radius 3 is 2.58 bits per heavy atom. The smallest absolute Gasteiger partial charge is 0.387 e. The van der Waals surface area contributed by atoms with Crippen LogP contribution < -0.4 is 4.74 Å². The fourth-order valence-electron chi connectivity index (χ4n) is 1.49. The van der Waals surface area contributed by atoms with Gasteiger partial charge >= 0.3 is 6.61 Å². The van der Waals surface area contributed by atoms with Gasteiger partial charge in [-0.25, -0.2) is 9.97 Å². The first-order chi connectivity index (χ1) is 8.99. The molecule has 0 aliphatic heterocycles. The highest BCUT2D eigenvalue weighted by Crippen LogP contribution is 2.30. The summed E-state index contributed by atoms with van der Waals surface area (Å²) in [5.41, 5.74) is 1.06. The third-order valence-electron chi connectivity index (χ3n) is 2.32. The van der Waals surface area contributed by atoms with Gasteiger partial charge in [-0.1, -0.05) is 23.7 Å². The second-order valence-corrected chi connectivity index (χ2v) is 5.05. The largest absolute Gasteiger partial charge is 0.434 e. The highest BCUT2D eigenvalue weighted by Gasteiger charge is 2.15. The predicted octanol–water partition coefficient (Wildman–Crippen LogP) is 4.31. The molecule has 0 fully saturated rings. The third-order valence-corrected chi connectivity index (χ3v) is 4.20. The lowest BCUT2D eigenvalue weighted by Crippen LogP contribution is -2.04. The summed E-state index contributed by atoms with van der Waals surface area (Å²) < 4.78 is 29.9. The minimum Gasteiger partial charge on any atom is -0.434 e. The molecular weight excluding hydrogens is 388 g/mol. The van der Waals surface area contributed by atoms with E-state index in [1.165, 1.54) is 6.07 Å². The van der Waals surface area contributed by atoms with E-state index in [0.29, 0.717) is 11.3 Å². The SMILES string of the molecule is Cc1nc(-c2ccccc2OC(F)F)nc(Cl)c1I. The van der Waals surface area contributed by atoms with E-state index >= 15 is 0 Å². The van der Waals surface area contributed by atoms with E-state index < -0.39 is 6.61 Å². The molecule has 0 amide bonds. The number of benzene rings is 1. The monoisotopic (exact) mass is 396 g/mol. The number of halogens is 4. The van der Waals surface area contributed by atoms with Gasteiger partial charge in [0.05, 0.1) is 14.8 Å². The standard InChI is InChI=1S/C12H8ClF2IN2O/c1-6-9(16)10(13)18-11(17-6)7-4-2-3-5-8(7)19-12(14)15/h2-5,12H,1H3. The van der Waals surface area contributed by atoms with Crippen LogP contribution in [0.2, 0.25) is 5.15 Å². The number of para-hydroxylation sites is 1. The van der Waals surface area contributed by atoms with Crippen LogP contribution in [-0.4, -0.2) is 16.6 Å². The Bertz CT molecular complexity index is 587. The number of hydrogen-bond acceptors (Lipinski definition) is 3. The summed E-state index contributed by atoms with van der Waals surface area (Å²) in [4.78, 5) is 8.34. The molecule has 19 heavy (non-hydrogen) atoms. The van der Waals surface area contributed by atoms with Crippen LogP contribution in [0.25, 0.3) is 11.4 Å². The molecule has 0 saturated heterocycles. The zero-order chi connectivity index (χ0) is 14.0. The normalized spacial score (nSPS) is 10.8. The van der Waals surface area contributed by atoms with E-state index in [4.69, 9.17) is 11.6 Å². The molecule has 7 heteroatoms. The molecule has 1 aromatic carbocycles. The Hall–Kier alpha value is -1.02. The van der Waals surface area contributed by atoms with Crippen LogP contribution in [0.1, 0.15) is 5.69 Å². The molecule has 0 bridgehead atoms. The maximum Gasteiger partial charge on any atom is 0.387 e. The van der Waals surface area contributed by atoms with Gasteiger partial charge in [-0.05, 0) is 41.6 Å². The molecule has 0 unspecified atom stereocenters. The van der Waals surface area contributed by atoms with Gasteiger partial charge in [-0.15, -0.1) is 0 Å². The average Bonchev–Trinajstić information content (AvgIpc) is 2.35. The number of aryl methyl sites for hydroxylation is 1. The second-order valence-electron chi connectivity index (χ2n) is 3.61. The Morgan fingerprint density at radius 1 is 1.26 bits per heavy atom. The molecule has 100 valence electrons. The summed E-state index contributed by atoms with van der Waals surface area (Å²) >= 11 is 8.00. The maximum absolute atomic E-state index is 12.3. The van der Waals surface area contributed by atoms with Crippen LogP contribution in [0, 0.1) is 10.5 Å². The summed E-state index contributed by atoms with van der Waals surface area (Å²) in [5, 5.41) is 0.287. The van der Waals surface area contributed by atoms with Crippen molar-refractivity contribution in [2.24, 2.45) is 0 Å². The first kappa shape index (κ1) is 14.4. The highest BCUT2D eigenvalue weighted by molar-refractivity contribution is 14.1. The molecular formula is C12H8ClF2IN2O. The molecule has 0 spiro atoms. The van der Waals surface area contributed by atoms with E-state index in [-0.39, 0.29) is 16.7 Å². The zero-order valence-corrected chi connectivity index (χ0v) is 12.6. The fourth-order valence-corrected chi connectivity index (χ4v) is 1.95. The average molecular weight is 397 g/mol. The topological polar surface area (TPSA) is 35.0 Å². The minimum absolute atomic E-state index is 0.0224. The predicted molar refractivity (Wildman–Crippen MR) is 76.6 cm³/mol. The number of alkyl halides is 2. The van der Waals surface area contributed by atoms with E-state index in [1.807, 2.05) is 22.6 Å². The lowest BCUT2D eigenvalue weighted by atomic mass is 10.2. The van der Waals surface area contributed by atoms with Crippen molar-refractivity contribution in [3.63, 3.8) is 0 Å². The van der Waals surface area contributed by atoms with Crippen molar-refractivity contribution >= 4 is 34.2 Å². The number of nitrogens with zero attached hydrogens (tertiary/aromatic N) is 2. The molecule has 2 aromatic rings. The lowest BCUT2D eigenvalue weighted by Gasteiger charge is -2.10. The first-order valence-corrected chi connectivity index (χ1v) is 6.68. The summed E-state index contributed by atoms with van der Waals surface area (Å²) in [7, 11) is 0. The van der Waals surface area contributed by atoms with E-state index in [2.05, 4.69) is 14.7 Å². The second kappa shape index (κ2) is 5.96. The van der Waals surface area contributed by atoms with Gasteiger partial charge in [0.25, 0.3) is 0 Å². The van der Waals surface area contributed by atoms with Crippen molar-refractivity contribution < 1.29 is 13.5 Å². The summed E-state index contributed by atoms with van der Waals surface area (Å²) in [6, 6.07) is 6.34. The Kier molecular flexibility index (Phi) is 4.51. The number of hydrogen-bond donors (Lipinski definition) is 0. The van der Waals surface area contributed by atoms with Crippen molar-refractivity contribution in [1.29, 1.82) is 0 Å². The van der Waals surface area contributed by atoms with Gasteiger partial charge in [0.15, 0.2) is 5.82 Å². The molecule has 0 saturated carbocycles. The molecule has 0 aliphatic carbocycles. The van der Waals surface area contributed by atoms with E-state index in [9.17, 15) is 8.78 Å². The van der Waals surface area contributed by atoms with Crippen LogP contribution in [0.4, 0.5) is 8.78 Å². The maximum atomic E-state index is 12.3. The molecule has 3 nitrogen and oxygen atoms in total. The number of rotatable bonds is 3. The van der Waals surface area contributed by atoms with Crippen LogP contribution in [0.3, 0.4) is 0 Å². The van der Waals surface area contributed by atoms with Gasteiger partial charge in [0.2, 0.25) is 0 Å². The molecule has 0 aliphatic rings. The van der Waals surface area contributed by atoms with Gasteiger partial charge in [-0.2, -0.15) is 8.78 Å². The zero-order valence-electron chi connectivity index (χ0n) is 9.70. The fraction of sp³-hybridized carbons (Fsp3) is 0.167. The molecule has 0 N–H and O–H groups in total. The Morgan fingerprint density at radius 2 is 1.95 bits per heavy atom. The third kappa shape index (κ3) is 3.30. The van der Waals surface area contributed by atoms with Crippen molar-refractivity contribution in [1.82, 2.24) is 9.97 Å². The van der Waals surface area contributed by atoms with Crippen molar-refractivity contribution in [2.75, 3.05) is 0 Å².